The molecule has 228 valence electrons. The number of aromatic hydroxyl groups is 1. The van der Waals surface area contributed by atoms with Crippen LogP contribution in [0.5, 0.6) is 5.75 Å². The number of rotatable bonds is 5. The van der Waals surface area contributed by atoms with E-state index in [1.54, 1.807) is 47.2 Å². The van der Waals surface area contributed by atoms with Crippen LogP contribution in [0.4, 0.5) is 15.8 Å². The average molecular weight is 604 g/mol. The third kappa shape index (κ3) is 5.18. The molecule has 2 aromatic heterocycles. The van der Waals surface area contributed by atoms with Crippen LogP contribution in [0.25, 0.3) is 11.3 Å². The number of phenolic OH excluding ortho intramolecular Hbond substituents is 1. The Balaban J connectivity index is 1.33. The van der Waals surface area contributed by atoms with Gasteiger partial charge >= 0.3 is 0 Å². The number of amides is 2. The van der Waals surface area contributed by atoms with Crippen LogP contribution in [-0.4, -0.2) is 42.2 Å². The summed E-state index contributed by atoms with van der Waals surface area (Å²) in [5.74, 6) is -0.780. The van der Waals surface area contributed by atoms with E-state index in [9.17, 15) is 19.1 Å². The molecule has 0 radical (unpaired) electrons. The summed E-state index contributed by atoms with van der Waals surface area (Å²) in [5, 5.41) is 14.2. The molecule has 2 aliphatic rings. The van der Waals surface area contributed by atoms with E-state index in [2.05, 4.69) is 21.8 Å². The quantitative estimate of drug-likeness (QED) is 0.244. The molecule has 2 amide bonds. The van der Waals surface area contributed by atoms with Crippen LogP contribution >= 0.6 is 0 Å². The first-order valence-corrected chi connectivity index (χ1v) is 15.3. The predicted molar refractivity (Wildman–Crippen MR) is 170 cm³/mol. The molecule has 0 aliphatic carbocycles. The molecular formula is C36H34FN5O3. The average Bonchev–Trinajstić information content (AvgIpc) is 3.65. The summed E-state index contributed by atoms with van der Waals surface area (Å²) in [6.07, 6.45) is 6.63. The maximum Gasteiger partial charge on any atom is 0.264 e. The minimum Gasteiger partial charge on any atom is -0.508 e. The zero-order valence-corrected chi connectivity index (χ0v) is 25.3. The van der Waals surface area contributed by atoms with E-state index in [1.807, 2.05) is 30.0 Å². The largest absolute Gasteiger partial charge is 0.508 e. The number of hydrogen-bond donors (Lipinski definition) is 1. The van der Waals surface area contributed by atoms with Gasteiger partial charge in [-0.3, -0.25) is 19.2 Å². The fraction of sp³-hybridized carbons (Fsp3) is 0.250. The van der Waals surface area contributed by atoms with Gasteiger partial charge in [0.25, 0.3) is 11.8 Å². The molecule has 4 heterocycles. The van der Waals surface area contributed by atoms with Crippen LogP contribution in [0.1, 0.15) is 57.3 Å². The van der Waals surface area contributed by atoms with Gasteiger partial charge in [0.05, 0.1) is 17.4 Å². The summed E-state index contributed by atoms with van der Waals surface area (Å²) < 4.78 is 18.7. The number of aromatic nitrogens is 3. The topological polar surface area (TPSA) is 83.6 Å². The van der Waals surface area contributed by atoms with Crippen LogP contribution in [0, 0.1) is 5.82 Å². The molecule has 1 atom stereocenters. The molecule has 0 spiro atoms. The smallest absolute Gasteiger partial charge is 0.264 e. The highest BCUT2D eigenvalue weighted by molar-refractivity contribution is 6.12. The molecule has 5 aromatic rings. The van der Waals surface area contributed by atoms with Crippen molar-refractivity contribution in [3.63, 3.8) is 0 Å². The normalized spacial score (nSPS) is 15.8. The Labute approximate surface area is 260 Å². The van der Waals surface area contributed by atoms with Gasteiger partial charge in [-0.1, -0.05) is 24.3 Å². The van der Waals surface area contributed by atoms with E-state index >= 15 is 0 Å². The van der Waals surface area contributed by atoms with Crippen molar-refractivity contribution in [2.75, 3.05) is 4.90 Å². The number of phenols is 1. The maximum atomic E-state index is 15.0. The minimum absolute atomic E-state index is 0.0259. The summed E-state index contributed by atoms with van der Waals surface area (Å²) in [6.45, 7) is 3.18. The van der Waals surface area contributed by atoms with Gasteiger partial charge in [-0.2, -0.15) is 5.10 Å². The first-order valence-electron chi connectivity index (χ1n) is 15.3. The number of aryl methyl sites for hydroxylation is 1. The van der Waals surface area contributed by atoms with E-state index in [-0.39, 0.29) is 23.6 Å². The summed E-state index contributed by atoms with van der Waals surface area (Å²) >= 11 is 0. The molecule has 0 bridgehead atoms. The van der Waals surface area contributed by atoms with E-state index in [0.717, 1.165) is 30.5 Å². The first kappa shape index (κ1) is 28.6. The number of hydrogen-bond acceptors (Lipinski definition) is 4. The molecule has 0 unspecified atom stereocenters. The Bertz CT molecular complexity index is 1930. The van der Waals surface area contributed by atoms with E-state index in [4.69, 9.17) is 0 Å². The van der Waals surface area contributed by atoms with Crippen molar-refractivity contribution in [3.8, 4) is 17.0 Å². The van der Waals surface area contributed by atoms with Gasteiger partial charge in [0.2, 0.25) is 0 Å². The monoisotopic (exact) mass is 603 g/mol. The van der Waals surface area contributed by atoms with Gasteiger partial charge < -0.3 is 14.6 Å². The second kappa shape index (κ2) is 11.4. The number of fused-ring (bicyclic) bond motifs is 2. The van der Waals surface area contributed by atoms with Gasteiger partial charge in [-0.05, 0) is 92.3 Å². The molecule has 0 fully saturated rings. The Morgan fingerprint density at radius 2 is 1.73 bits per heavy atom. The zero-order valence-electron chi connectivity index (χ0n) is 25.3. The summed E-state index contributed by atoms with van der Waals surface area (Å²) in [7, 11) is 1.78. The third-order valence-electron chi connectivity index (χ3n) is 9.00. The van der Waals surface area contributed by atoms with Crippen molar-refractivity contribution in [2.45, 2.75) is 51.7 Å². The van der Waals surface area contributed by atoms with Crippen molar-refractivity contribution >= 4 is 23.2 Å². The van der Waals surface area contributed by atoms with Crippen molar-refractivity contribution < 1.29 is 19.1 Å². The minimum atomic E-state index is -0.445. The fourth-order valence-electron chi connectivity index (χ4n) is 6.73. The van der Waals surface area contributed by atoms with E-state index in [0.29, 0.717) is 53.3 Å². The first-order chi connectivity index (χ1) is 21.8. The lowest BCUT2D eigenvalue weighted by molar-refractivity contribution is 0.0659. The summed E-state index contributed by atoms with van der Waals surface area (Å²) in [4.78, 5) is 32.2. The summed E-state index contributed by atoms with van der Waals surface area (Å²) in [6, 6.07) is 20.7. The molecule has 0 saturated heterocycles. The number of nitrogens with zero attached hydrogens (tertiary/aromatic N) is 5. The Hall–Kier alpha value is -5.18. The van der Waals surface area contributed by atoms with E-state index in [1.165, 1.54) is 29.8 Å². The molecule has 0 saturated carbocycles. The summed E-state index contributed by atoms with van der Waals surface area (Å²) in [5.41, 5.74) is 6.39. The second-order valence-electron chi connectivity index (χ2n) is 12.0. The molecule has 3 aromatic carbocycles. The van der Waals surface area contributed by atoms with E-state index < -0.39 is 5.82 Å². The molecule has 2 aliphatic heterocycles. The SMILES string of the molecule is C[C@@H]1Cc2ccccc2CN1C(=O)c1ccc(F)cc1-c1cc(C(=O)N(c2ccc(O)cc2)c2cnn(C)c2)c2n1CCCC2. The standard InChI is InChI=1S/C36H34FN5O3/c1-23-17-24-7-3-4-8-25(24)21-41(23)35(44)30-15-10-26(37)18-31(30)34-19-32(33-9-5-6-16-40(33)34)36(45)42(28-20-38-39(2)22-28)27-11-13-29(43)14-12-27/h3-4,7-8,10-15,18-20,22-23,43H,5-6,9,16-17,21H2,1-2H3/t23-/m1/s1. The number of carbonyl (C=O) groups is 2. The third-order valence-corrected chi connectivity index (χ3v) is 9.00. The molecule has 8 nitrogen and oxygen atoms in total. The van der Waals surface area contributed by atoms with Gasteiger partial charge in [0.15, 0.2) is 0 Å². The maximum absolute atomic E-state index is 15.0. The van der Waals surface area contributed by atoms with Crippen LogP contribution < -0.4 is 4.90 Å². The highest BCUT2D eigenvalue weighted by Crippen LogP contribution is 2.37. The lowest BCUT2D eigenvalue weighted by atomic mass is 9.93. The zero-order chi connectivity index (χ0) is 31.2. The van der Waals surface area contributed by atoms with Gasteiger partial charge in [0, 0.05) is 60.6 Å². The highest BCUT2D eigenvalue weighted by atomic mass is 19.1. The van der Waals surface area contributed by atoms with Crippen molar-refractivity contribution in [2.24, 2.45) is 7.05 Å². The lowest BCUT2D eigenvalue weighted by Gasteiger charge is -2.35. The van der Waals surface area contributed by atoms with Crippen LogP contribution in [-0.2, 0) is 33.0 Å². The Morgan fingerprint density at radius 3 is 2.49 bits per heavy atom. The second-order valence-corrected chi connectivity index (χ2v) is 12.0. The molecule has 45 heavy (non-hydrogen) atoms. The number of anilines is 2. The van der Waals surface area contributed by atoms with Crippen LogP contribution in [0.3, 0.4) is 0 Å². The lowest BCUT2D eigenvalue weighted by Crippen LogP contribution is -2.42. The molecule has 1 N–H and O–H groups in total. The van der Waals surface area contributed by atoms with Crippen molar-refractivity contribution in [1.29, 1.82) is 0 Å². The number of benzene rings is 3. The molecule has 9 heteroatoms. The highest BCUT2D eigenvalue weighted by Gasteiger charge is 2.32. The van der Waals surface area contributed by atoms with Gasteiger partial charge in [-0.15, -0.1) is 0 Å². The van der Waals surface area contributed by atoms with Crippen molar-refractivity contribution in [1.82, 2.24) is 19.2 Å². The Morgan fingerprint density at radius 1 is 0.956 bits per heavy atom. The molecule has 7 rings (SSSR count). The number of halogens is 1. The number of carbonyl (C=O) groups excluding carboxylic acids is 2. The Kier molecular flexibility index (Phi) is 7.23. The van der Waals surface area contributed by atoms with Crippen LogP contribution in [0.15, 0.2) is 85.2 Å². The van der Waals surface area contributed by atoms with Gasteiger partial charge in [-0.25, -0.2) is 4.39 Å². The fourth-order valence-corrected chi connectivity index (χ4v) is 6.73. The van der Waals surface area contributed by atoms with Gasteiger partial charge in [0.1, 0.15) is 11.6 Å². The predicted octanol–water partition coefficient (Wildman–Crippen LogP) is 6.64. The van der Waals surface area contributed by atoms with Crippen LogP contribution in [0.2, 0.25) is 0 Å². The molecular weight excluding hydrogens is 569 g/mol. The van der Waals surface area contributed by atoms with Crippen molar-refractivity contribution in [3.05, 3.63) is 119 Å².